The number of hydrogen-bond donors (Lipinski definition) is 1. The zero-order chi connectivity index (χ0) is 9.68. The highest BCUT2D eigenvalue weighted by molar-refractivity contribution is 9.09. The molecule has 0 unspecified atom stereocenters. The Kier molecular flexibility index (Phi) is 3.76. The lowest BCUT2D eigenvalue weighted by Crippen LogP contribution is -2.10. The summed E-state index contributed by atoms with van der Waals surface area (Å²) in [5, 5.41) is 0.782. The molecule has 0 saturated heterocycles. The molecule has 0 aliphatic rings. The number of halogens is 1. The first-order chi connectivity index (χ1) is 6.24. The summed E-state index contributed by atoms with van der Waals surface area (Å²) in [7, 11) is 0. The van der Waals surface area contributed by atoms with Gasteiger partial charge in [-0.3, -0.25) is 4.79 Å². The Hall–Kier alpha value is -1.03. The first-order valence-electron chi connectivity index (χ1n) is 3.82. The topological polar surface area (TPSA) is 52.3 Å². The van der Waals surface area contributed by atoms with Crippen molar-refractivity contribution in [2.24, 2.45) is 5.73 Å². The van der Waals surface area contributed by atoms with Gasteiger partial charge in [-0.25, -0.2) is 0 Å². The van der Waals surface area contributed by atoms with E-state index in [-0.39, 0.29) is 0 Å². The SMILES string of the molecule is NC(=O)c1ccc(OCCBr)cc1. The third-order valence-corrected chi connectivity index (χ3v) is 1.81. The van der Waals surface area contributed by atoms with E-state index in [0.717, 1.165) is 11.1 Å². The summed E-state index contributed by atoms with van der Waals surface area (Å²) in [4.78, 5) is 10.7. The fourth-order valence-corrected chi connectivity index (χ4v) is 1.03. The van der Waals surface area contributed by atoms with Crippen LogP contribution in [0.2, 0.25) is 0 Å². The Balaban J connectivity index is 2.64. The number of nitrogens with two attached hydrogens (primary N) is 1. The van der Waals surface area contributed by atoms with Crippen LogP contribution in [0.5, 0.6) is 5.75 Å². The molecular formula is C9H10BrNO2. The lowest BCUT2D eigenvalue weighted by molar-refractivity contribution is 0.100. The molecule has 0 saturated carbocycles. The molecule has 1 amide bonds. The van der Waals surface area contributed by atoms with Crippen LogP contribution in [0, 0.1) is 0 Å². The largest absolute Gasteiger partial charge is 0.493 e. The number of hydrogen-bond acceptors (Lipinski definition) is 2. The van der Waals surface area contributed by atoms with Gasteiger partial charge in [-0.1, -0.05) is 15.9 Å². The predicted molar refractivity (Wildman–Crippen MR) is 54.2 cm³/mol. The Labute approximate surface area is 85.0 Å². The fraction of sp³-hybridized carbons (Fsp3) is 0.222. The molecule has 1 aromatic rings. The number of carbonyl (C=O) groups is 1. The molecule has 0 aliphatic carbocycles. The van der Waals surface area contributed by atoms with E-state index in [1.807, 2.05) is 0 Å². The van der Waals surface area contributed by atoms with Crippen molar-refractivity contribution >= 4 is 21.8 Å². The average molecular weight is 244 g/mol. The van der Waals surface area contributed by atoms with Crippen molar-refractivity contribution in [1.82, 2.24) is 0 Å². The average Bonchev–Trinajstić information content (AvgIpc) is 2.15. The van der Waals surface area contributed by atoms with Crippen molar-refractivity contribution in [2.75, 3.05) is 11.9 Å². The fourth-order valence-electron chi connectivity index (χ4n) is 0.872. The van der Waals surface area contributed by atoms with Gasteiger partial charge in [0.05, 0.1) is 6.61 Å². The third-order valence-electron chi connectivity index (χ3n) is 1.48. The van der Waals surface area contributed by atoms with Gasteiger partial charge in [0.1, 0.15) is 5.75 Å². The number of carbonyl (C=O) groups excluding carboxylic acids is 1. The Morgan fingerprint density at radius 3 is 2.46 bits per heavy atom. The van der Waals surface area contributed by atoms with E-state index in [4.69, 9.17) is 10.5 Å². The number of primary amides is 1. The van der Waals surface area contributed by atoms with Crippen molar-refractivity contribution in [2.45, 2.75) is 0 Å². The standard InChI is InChI=1S/C9H10BrNO2/c10-5-6-13-8-3-1-7(2-4-8)9(11)12/h1-4H,5-6H2,(H2,11,12). The molecular weight excluding hydrogens is 234 g/mol. The molecule has 1 rings (SSSR count). The molecule has 13 heavy (non-hydrogen) atoms. The van der Waals surface area contributed by atoms with Crippen LogP contribution >= 0.6 is 15.9 Å². The first-order valence-corrected chi connectivity index (χ1v) is 4.95. The maximum absolute atomic E-state index is 10.7. The molecule has 0 atom stereocenters. The number of ether oxygens (including phenoxy) is 1. The third kappa shape index (κ3) is 3.06. The number of alkyl halides is 1. The Morgan fingerprint density at radius 1 is 1.38 bits per heavy atom. The van der Waals surface area contributed by atoms with Crippen LogP contribution in [0.1, 0.15) is 10.4 Å². The van der Waals surface area contributed by atoms with Crippen molar-refractivity contribution in [3.05, 3.63) is 29.8 Å². The van der Waals surface area contributed by atoms with Gasteiger partial charge in [0.2, 0.25) is 5.91 Å². The quantitative estimate of drug-likeness (QED) is 0.817. The van der Waals surface area contributed by atoms with Gasteiger partial charge in [-0.2, -0.15) is 0 Å². The molecule has 0 aliphatic heterocycles. The summed E-state index contributed by atoms with van der Waals surface area (Å²) in [6.45, 7) is 0.607. The summed E-state index contributed by atoms with van der Waals surface area (Å²) in [6.07, 6.45) is 0. The van der Waals surface area contributed by atoms with Gasteiger partial charge in [0.25, 0.3) is 0 Å². The smallest absolute Gasteiger partial charge is 0.248 e. The summed E-state index contributed by atoms with van der Waals surface area (Å²) >= 11 is 3.25. The monoisotopic (exact) mass is 243 g/mol. The molecule has 0 bridgehead atoms. The van der Waals surface area contributed by atoms with Crippen LogP contribution < -0.4 is 10.5 Å². The van der Waals surface area contributed by atoms with E-state index in [9.17, 15) is 4.79 Å². The lowest BCUT2D eigenvalue weighted by Gasteiger charge is -2.03. The first kappa shape index (κ1) is 10.1. The van der Waals surface area contributed by atoms with E-state index in [1.165, 1.54) is 0 Å². The molecule has 2 N–H and O–H groups in total. The molecule has 0 radical (unpaired) electrons. The minimum atomic E-state index is -0.424. The molecule has 3 nitrogen and oxygen atoms in total. The van der Waals surface area contributed by atoms with Gasteiger partial charge in [0, 0.05) is 10.9 Å². The number of amides is 1. The van der Waals surface area contributed by atoms with Crippen LogP contribution in [0.15, 0.2) is 24.3 Å². The second-order valence-electron chi connectivity index (χ2n) is 2.43. The zero-order valence-electron chi connectivity index (χ0n) is 7.00. The summed E-state index contributed by atoms with van der Waals surface area (Å²) in [5.74, 6) is 0.316. The van der Waals surface area contributed by atoms with Crippen LogP contribution in [-0.4, -0.2) is 17.8 Å². The second-order valence-corrected chi connectivity index (χ2v) is 3.22. The van der Waals surface area contributed by atoms with Gasteiger partial charge >= 0.3 is 0 Å². The second kappa shape index (κ2) is 4.87. The van der Waals surface area contributed by atoms with Crippen LogP contribution in [0.25, 0.3) is 0 Å². The molecule has 0 spiro atoms. The summed E-state index contributed by atoms with van der Waals surface area (Å²) < 4.78 is 5.29. The molecule has 0 fully saturated rings. The van der Waals surface area contributed by atoms with Crippen molar-refractivity contribution in [3.63, 3.8) is 0 Å². The maximum atomic E-state index is 10.7. The van der Waals surface area contributed by atoms with Crippen molar-refractivity contribution in [1.29, 1.82) is 0 Å². The van der Waals surface area contributed by atoms with E-state index in [1.54, 1.807) is 24.3 Å². The van der Waals surface area contributed by atoms with Gasteiger partial charge in [0.15, 0.2) is 0 Å². The lowest BCUT2D eigenvalue weighted by atomic mass is 10.2. The molecule has 0 heterocycles. The molecule has 4 heteroatoms. The van der Waals surface area contributed by atoms with Crippen LogP contribution in [0.3, 0.4) is 0 Å². The van der Waals surface area contributed by atoms with Crippen molar-refractivity contribution < 1.29 is 9.53 Å². The minimum Gasteiger partial charge on any atom is -0.493 e. The molecule has 1 aromatic carbocycles. The molecule has 70 valence electrons. The predicted octanol–water partition coefficient (Wildman–Crippen LogP) is 1.56. The summed E-state index contributed by atoms with van der Waals surface area (Å²) in [6, 6.07) is 6.74. The Morgan fingerprint density at radius 2 is 2.00 bits per heavy atom. The highest BCUT2D eigenvalue weighted by atomic mass is 79.9. The van der Waals surface area contributed by atoms with Crippen LogP contribution in [0.4, 0.5) is 0 Å². The number of rotatable bonds is 4. The highest BCUT2D eigenvalue weighted by Gasteiger charge is 1.99. The summed E-state index contributed by atoms with van der Waals surface area (Å²) in [5.41, 5.74) is 5.57. The normalized spacial score (nSPS) is 9.62. The highest BCUT2D eigenvalue weighted by Crippen LogP contribution is 2.11. The van der Waals surface area contributed by atoms with Crippen molar-refractivity contribution in [3.8, 4) is 5.75 Å². The van der Waals surface area contributed by atoms with E-state index >= 15 is 0 Å². The van der Waals surface area contributed by atoms with E-state index in [0.29, 0.717) is 12.2 Å². The zero-order valence-corrected chi connectivity index (χ0v) is 8.58. The molecule has 0 aromatic heterocycles. The number of benzene rings is 1. The van der Waals surface area contributed by atoms with Gasteiger partial charge < -0.3 is 10.5 Å². The Bertz CT molecular complexity index is 284. The minimum absolute atomic E-state index is 0.424. The van der Waals surface area contributed by atoms with E-state index in [2.05, 4.69) is 15.9 Å². The van der Waals surface area contributed by atoms with Crippen LogP contribution in [-0.2, 0) is 0 Å². The van der Waals surface area contributed by atoms with Gasteiger partial charge in [-0.15, -0.1) is 0 Å². The van der Waals surface area contributed by atoms with Gasteiger partial charge in [-0.05, 0) is 24.3 Å². The van der Waals surface area contributed by atoms with E-state index < -0.39 is 5.91 Å². The maximum Gasteiger partial charge on any atom is 0.248 e.